The molecule has 4 rings (SSSR count). The fourth-order valence-corrected chi connectivity index (χ4v) is 1.44. The summed E-state index contributed by atoms with van der Waals surface area (Å²) in [6.45, 7) is 4.17. The van der Waals surface area contributed by atoms with E-state index in [-0.39, 0.29) is 6.29 Å². The van der Waals surface area contributed by atoms with Crippen molar-refractivity contribution >= 4 is 0 Å². The maximum absolute atomic E-state index is 5.23. The number of epoxide rings is 3. The van der Waals surface area contributed by atoms with Crippen LogP contribution in [0.3, 0.4) is 0 Å². The van der Waals surface area contributed by atoms with Gasteiger partial charge in [-0.15, -0.1) is 0 Å². The first-order chi connectivity index (χ1) is 7.42. The molecule has 5 nitrogen and oxygen atoms in total. The third-order valence-electron chi connectivity index (χ3n) is 2.63. The van der Waals surface area contributed by atoms with Crippen LogP contribution in [0.15, 0.2) is 0 Å². The van der Waals surface area contributed by atoms with Crippen molar-refractivity contribution in [2.24, 2.45) is 0 Å². The highest BCUT2D eigenvalue weighted by Gasteiger charge is 2.44. The Morgan fingerprint density at radius 3 is 1.93 bits per heavy atom. The number of hydrogen-bond donors (Lipinski definition) is 0. The van der Waals surface area contributed by atoms with E-state index < -0.39 is 0 Å². The minimum absolute atomic E-state index is 0.213. The van der Waals surface area contributed by atoms with E-state index in [2.05, 4.69) is 0 Å². The maximum Gasteiger partial charge on any atom is 0.184 e. The molecule has 4 unspecified atom stereocenters. The highest BCUT2D eigenvalue weighted by atomic mass is 16.8. The first kappa shape index (κ1) is 9.99. The molecule has 4 saturated heterocycles. The third-order valence-corrected chi connectivity index (χ3v) is 2.63. The third kappa shape index (κ3) is 3.39. The molecule has 4 aliphatic rings. The minimum atomic E-state index is 0.213. The first-order valence-corrected chi connectivity index (χ1v) is 5.50. The SMILES string of the molecule is C(OCC1CO1)C1CO1.C1CC2OC2O1. The molecule has 4 atom stereocenters. The van der Waals surface area contributed by atoms with Gasteiger partial charge in [0.25, 0.3) is 0 Å². The summed E-state index contributed by atoms with van der Waals surface area (Å²) in [5.41, 5.74) is 0. The molecule has 0 aromatic carbocycles. The second kappa shape index (κ2) is 4.35. The fourth-order valence-electron chi connectivity index (χ4n) is 1.44. The zero-order valence-electron chi connectivity index (χ0n) is 8.59. The predicted molar refractivity (Wildman–Crippen MR) is 49.5 cm³/mol. The van der Waals surface area contributed by atoms with Crippen molar-refractivity contribution in [1.82, 2.24) is 0 Å². The van der Waals surface area contributed by atoms with E-state index >= 15 is 0 Å². The van der Waals surface area contributed by atoms with Crippen molar-refractivity contribution in [2.45, 2.75) is 31.0 Å². The van der Waals surface area contributed by atoms with Gasteiger partial charge in [0.2, 0.25) is 0 Å². The molecular formula is C10H16O5. The molecule has 0 aromatic rings. The van der Waals surface area contributed by atoms with Crippen LogP contribution < -0.4 is 0 Å². The van der Waals surface area contributed by atoms with E-state index in [1.165, 1.54) is 0 Å². The van der Waals surface area contributed by atoms with Crippen LogP contribution in [-0.2, 0) is 23.7 Å². The van der Waals surface area contributed by atoms with Crippen molar-refractivity contribution in [3.63, 3.8) is 0 Å². The van der Waals surface area contributed by atoms with Gasteiger partial charge in [0, 0.05) is 6.42 Å². The van der Waals surface area contributed by atoms with Crippen LogP contribution in [-0.4, -0.2) is 57.6 Å². The zero-order chi connectivity index (χ0) is 10.1. The molecule has 4 aliphatic heterocycles. The molecule has 0 amide bonds. The summed E-state index contributed by atoms with van der Waals surface area (Å²) >= 11 is 0. The number of ether oxygens (including phenoxy) is 5. The zero-order valence-corrected chi connectivity index (χ0v) is 8.59. The van der Waals surface area contributed by atoms with Gasteiger partial charge in [-0.2, -0.15) is 0 Å². The lowest BCUT2D eigenvalue weighted by Gasteiger charge is -1.95. The lowest BCUT2D eigenvalue weighted by atomic mass is 10.4. The molecule has 4 fully saturated rings. The molecule has 0 aromatic heterocycles. The van der Waals surface area contributed by atoms with E-state index in [0.717, 1.165) is 39.5 Å². The largest absolute Gasteiger partial charge is 0.376 e. The molecule has 0 spiro atoms. The highest BCUT2D eigenvalue weighted by Crippen LogP contribution is 2.32. The van der Waals surface area contributed by atoms with Crippen LogP contribution in [0.4, 0.5) is 0 Å². The second-order valence-corrected chi connectivity index (χ2v) is 4.15. The fraction of sp³-hybridized carbons (Fsp3) is 1.00. The Hall–Kier alpha value is -0.200. The molecule has 0 bridgehead atoms. The van der Waals surface area contributed by atoms with E-state index in [9.17, 15) is 0 Å². The molecular weight excluding hydrogens is 200 g/mol. The summed E-state index contributed by atoms with van der Waals surface area (Å²) in [5.74, 6) is 0. The molecule has 0 saturated carbocycles. The second-order valence-electron chi connectivity index (χ2n) is 4.15. The summed E-state index contributed by atoms with van der Waals surface area (Å²) in [7, 11) is 0. The highest BCUT2D eigenvalue weighted by molar-refractivity contribution is 4.81. The lowest BCUT2D eigenvalue weighted by molar-refractivity contribution is 0.0489. The Morgan fingerprint density at radius 2 is 1.67 bits per heavy atom. The molecule has 86 valence electrons. The van der Waals surface area contributed by atoms with Crippen LogP contribution >= 0.6 is 0 Å². The van der Waals surface area contributed by atoms with Crippen molar-refractivity contribution in [3.05, 3.63) is 0 Å². The van der Waals surface area contributed by atoms with Gasteiger partial charge in [-0.3, -0.25) is 0 Å². The molecule has 0 radical (unpaired) electrons. The summed E-state index contributed by atoms with van der Waals surface area (Å²) in [6, 6.07) is 0. The summed E-state index contributed by atoms with van der Waals surface area (Å²) < 4.78 is 25.1. The molecule has 0 aliphatic carbocycles. The van der Waals surface area contributed by atoms with Crippen LogP contribution in [0.1, 0.15) is 6.42 Å². The average molecular weight is 216 g/mol. The Kier molecular flexibility index (Phi) is 2.90. The van der Waals surface area contributed by atoms with E-state index in [1.807, 2.05) is 0 Å². The number of hydrogen-bond acceptors (Lipinski definition) is 5. The smallest absolute Gasteiger partial charge is 0.184 e. The van der Waals surface area contributed by atoms with Crippen molar-refractivity contribution in [3.8, 4) is 0 Å². The quantitative estimate of drug-likeness (QED) is 0.616. The average Bonchev–Trinajstić information content (AvgIpc) is 3.10. The van der Waals surface area contributed by atoms with Gasteiger partial charge in [0.1, 0.15) is 18.3 Å². The van der Waals surface area contributed by atoms with Crippen LogP contribution in [0.2, 0.25) is 0 Å². The van der Waals surface area contributed by atoms with Crippen LogP contribution in [0.5, 0.6) is 0 Å². The Balaban J connectivity index is 0.000000104. The first-order valence-electron chi connectivity index (χ1n) is 5.50. The minimum Gasteiger partial charge on any atom is -0.376 e. The van der Waals surface area contributed by atoms with Crippen molar-refractivity contribution in [1.29, 1.82) is 0 Å². The normalized spacial score (nSPS) is 44.0. The number of fused-ring (bicyclic) bond motifs is 1. The van der Waals surface area contributed by atoms with E-state index in [0.29, 0.717) is 18.3 Å². The monoisotopic (exact) mass is 216 g/mol. The van der Waals surface area contributed by atoms with E-state index in [4.69, 9.17) is 23.7 Å². The Bertz CT molecular complexity index is 194. The standard InChI is InChI=1S/C6H10O3.C4H6O2/c1(5-3-8-5)7-2-6-4-9-6;1-2-5-4-3(1)6-4/h5-6H,1-4H2;3-4H,1-2H2. The number of rotatable bonds is 4. The topological polar surface area (TPSA) is 56.0 Å². The van der Waals surface area contributed by atoms with Gasteiger partial charge in [-0.25, -0.2) is 0 Å². The molecule has 0 N–H and O–H groups in total. The van der Waals surface area contributed by atoms with Gasteiger partial charge in [0.05, 0.1) is 33.0 Å². The van der Waals surface area contributed by atoms with Gasteiger partial charge < -0.3 is 23.7 Å². The van der Waals surface area contributed by atoms with Gasteiger partial charge >= 0.3 is 0 Å². The Labute approximate surface area is 88.6 Å². The maximum atomic E-state index is 5.23. The molecule has 5 heteroatoms. The van der Waals surface area contributed by atoms with Gasteiger partial charge in [-0.1, -0.05) is 0 Å². The van der Waals surface area contributed by atoms with Gasteiger partial charge in [0.15, 0.2) is 6.29 Å². The molecule has 4 heterocycles. The Morgan fingerprint density at radius 1 is 1.00 bits per heavy atom. The van der Waals surface area contributed by atoms with Gasteiger partial charge in [-0.05, 0) is 0 Å². The predicted octanol–water partition coefficient (Wildman–Crippen LogP) is -0.0678. The van der Waals surface area contributed by atoms with Crippen LogP contribution in [0.25, 0.3) is 0 Å². The van der Waals surface area contributed by atoms with Crippen molar-refractivity contribution < 1.29 is 23.7 Å². The lowest BCUT2D eigenvalue weighted by Crippen LogP contribution is -2.06. The molecule has 15 heavy (non-hydrogen) atoms. The van der Waals surface area contributed by atoms with E-state index in [1.54, 1.807) is 0 Å². The van der Waals surface area contributed by atoms with Crippen LogP contribution in [0, 0.1) is 0 Å². The summed E-state index contributed by atoms with van der Waals surface area (Å²) in [4.78, 5) is 0. The summed E-state index contributed by atoms with van der Waals surface area (Å²) in [5, 5.41) is 0. The van der Waals surface area contributed by atoms with Crippen molar-refractivity contribution in [2.75, 3.05) is 33.0 Å². The summed E-state index contributed by atoms with van der Waals surface area (Å²) in [6.07, 6.45) is 2.60.